The molecule has 5 atom stereocenters. The predicted molar refractivity (Wildman–Crippen MR) is 415 cm³/mol. The van der Waals surface area contributed by atoms with Crippen molar-refractivity contribution in [3.05, 3.63) is 47.2 Å². The number of aliphatic hydroxyl groups is 3. The molecule has 3 saturated heterocycles. The molecule has 2 aliphatic carbocycles. The molecule has 590 valence electrons. The predicted octanol–water partition coefficient (Wildman–Crippen LogP) is 3.74. The van der Waals surface area contributed by atoms with Gasteiger partial charge in [0.15, 0.2) is 11.6 Å². The van der Waals surface area contributed by atoms with Gasteiger partial charge in [0.25, 0.3) is 17.6 Å². The molecule has 0 bridgehead atoms. The molecule has 106 heavy (non-hydrogen) atoms. The van der Waals surface area contributed by atoms with E-state index in [0.29, 0.717) is 62.6 Å². The van der Waals surface area contributed by atoms with Crippen molar-refractivity contribution < 1.29 is 52.0 Å². The van der Waals surface area contributed by atoms with Crippen LogP contribution in [0.25, 0.3) is 0 Å². The third-order valence-corrected chi connectivity index (χ3v) is 25.0. The van der Waals surface area contributed by atoms with E-state index < -0.39 is 0 Å². The van der Waals surface area contributed by atoms with Gasteiger partial charge < -0.3 is 85.9 Å². The number of nitrogens with zero attached hydrogens (tertiary/aromatic N) is 19. The van der Waals surface area contributed by atoms with Crippen LogP contribution in [0.5, 0.6) is 17.6 Å². The van der Waals surface area contributed by atoms with Crippen LogP contribution in [0.15, 0.2) is 18.7 Å². The van der Waals surface area contributed by atoms with Gasteiger partial charge in [-0.15, -0.1) is 15.3 Å². The highest BCUT2D eigenvalue weighted by Crippen LogP contribution is 2.47. The van der Waals surface area contributed by atoms with Crippen molar-refractivity contribution in [2.45, 2.75) is 173 Å². The summed E-state index contributed by atoms with van der Waals surface area (Å²) >= 11 is 0. The van der Waals surface area contributed by atoms with Gasteiger partial charge in [-0.05, 0) is 121 Å². The van der Waals surface area contributed by atoms with E-state index in [2.05, 4.69) is 93.3 Å². The summed E-state index contributed by atoms with van der Waals surface area (Å²) < 4.78 is 35.6. The number of quaternary nitrogens is 4. The van der Waals surface area contributed by atoms with E-state index in [4.69, 9.17) is 53.1 Å². The summed E-state index contributed by atoms with van der Waals surface area (Å²) in [4.78, 5) is 7.16. The minimum Gasteiger partial charge on any atom is -0.474 e. The maximum atomic E-state index is 9.39. The van der Waals surface area contributed by atoms with Crippen LogP contribution in [0.2, 0.25) is 0 Å². The van der Waals surface area contributed by atoms with Crippen molar-refractivity contribution in [1.29, 1.82) is 0 Å². The van der Waals surface area contributed by atoms with E-state index in [0.717, 1.165) is 230 Å². The minimum absolute atomic E-state index is 0.171. The van der Waals surface area contributed by atoms with Crippen molar-refractivity contribution in [1.82, 2.24) is 58.4 Å². The van der Waals surface area contributed by atoms with Crippen LogP contribution in [0, 0.1) is 11.8 Å². The number of nitrogen functional groups attached to an aromatic ring is 5. The summed E-state index contributed by atoms with van der Waals surface area (Å²) in [5.74, 6) is 5.44. The van der Waals surface area contributed by atoms with Crippen molar-refractivity contribution in [3.8, 4) is 17.6 Å². The lowest BCUT2D eigenvalue weighted by molar-refractivity contribution is -0.929. The van der Waals surface area contributed by atoms with E-state index in [9.17, 15) is 15.3 Å². The number of piperazine rings is 2. The fourth-order valence-electron chi connectivity index (χ4n) is 18.2. The fourth-order valence-corrected chi connectivity index (χ4v) is 18.2. The summed E-state index contributed by atoms with van der Waals surface area (Å²) in [6.07, 6.45) is 30.1. The fraction of sp³-hybridized carbons (Fsp3) is 0.763. The molecule has 5 fully saturated rings. The number of anilines is 7. The lowest BCUT2D eigenvalue weighted by Gasteiger charge is -2.44. The average molecular weight is 1480 g/mol. The summed E-state index contributed by atoms with van der Waals surface area (Å²) in [6, 6.07) is 1.88. The molecule has 16 rings (SSSR count). The molecule has 6 aromatic heterocycles. The summed E-state index contributed by atoms with van der Waals surface area (Å²) in [5, 5.41) is 51.4. The maximum absolute atomic E-state index is 9.39. The number of likely N-dealkylation sites (N-methyl/N-ethyl adjacent to an activating group) is 3. The molecule has 30 heteroatoms. The zero-order valence-electron chi connectivity index (χ0n) is 65.9. The number of fused-ring (bicyclic) bond motifs is 9. The van der Waals surface area contributed by atoms with E-state index in [-0.39, 0.29) is 19.8 Å². The molecule has 0 spiro atoms. The number of rotatable bonds is 21. The van der Waals surface area contributed by atoms with Crippen LogP contribution in [0.4, 0.5) is 40.1 Å². The number of hydrogen-bond donors (Lipinski definition) is 8. The number of nitrogens with two attached hydrogens (primary N) is 5. The van der Waals surface area contributed by atoms with Crippen molar-refractivity contribution in [2.75, 3.05) is 226 Å². The second kappa shape index (κ2) is 34.7. The van der Waals surface area contributed by atoms with Gasteiger partial charge in [-0.3, -0.25) is 28.3 Å². The number of aromatic nitrogens is 12. The lowest BCUT2D eigenvalue weighted by atomic mass is 9.92. The molecular weight excluding hydrogens is 1340 g/mol. The Balaban J connectivity index is 0.000000125. The first kappa shape index (κ1) is 78.5. The Labute approximate surface area is 629 Å². The molecule has 8 aliphatic heterocycles. The summed E-state index contributed by atoms with van der Waals surface area (Å²) in [7, 11) is 17.5. The molecule has 2 saturated carbocycles. The van der Waals surface area contributed by atoms with Gasteiger partial charge in [-0.25, -0.2) is 9.13 Å². The Morgan fingerprint density at radius 3 is 1.36 bits per heavy atom. The zero-order valence-corrected chi connectivity index (χ0v) is 65.9. The van der Waals surface area contributed by atoms with Gasteiger partial charge in [0.05, 0.1) is 187 Å². The molecule has 0 radical (unpaired) electrons. The quantitative estimate of drug-likeness (QED) is 0.0376. The molecule has 5 unspecified atom stereocenters. The summed E-state index contributed by atoms with van der Waals surface area (Å²) in [6.45, 7) is 20.4. The van der Waals surface area contributed by atoms with Gasteiger partial charge in [-0.1, -0.05) is 12.8 Å². The third kappa shape index (κ3) is 18.6. The minimum atomic E-state index is 0.171. The number of ether oxygens (including phenoxy) is 3. The number of aliphatic hydroxyl groups excluding tert-OH is 3. The second-order valence-electron chi connectivity index (χ2n) is 34.3. The molecule has 0 amide bonds. The second-order valence-corrected chi connectivity index (χ2v) is 34.3. The molecule has 10 aliphatic rings. The zero-order chi connectivity index (χ0) is 74.9. The number of hydrogen-bond acceptors (Lipinski definition) is 19. The first-order valence-electron chi connectivity index (χ1n) is 40.5. The molecule has 0 aromatic carbocycles. The van der Waals surface area contributed by atoms with Crippen LogP contribution < -0.4 is 57.2 Å². The monoisotopic (exact) mass is 1480 g/mol. The van der Waals surface area contributed by atoms with Gasteiger partial charge in [0, 0.05) is 39.1 Å². The molecular formula is C76H135N24O6+5. The Morgan fingerprint density at radius 2 is 0.943 bits per heavy atom. The topological polar surface area (TPSA) is 326 Å². The summed E-state index contributed by atoms with van der Waals surface area (Å²) in [5.41, 5.74) is 41.3. The largest absolute Gasteiger partial charge is 0.474 e. The lowest BCUT2D eigenvalue weighted by Crippen LogP contribution is -2.61. The van der Waals surface area contributed by atoms with Crippen LogP contribution >= 0.6 is 0 Å². The number of likely N-dealkylation sites (tertiary alicyclic amines) is 1. The van der Waals surface area contributed by atoms with Gasteiger partial charge in [0.1, 0.15) is 88.0 Å². The highest BCUT2D eigenvalue weighted by molar-refractivity contribution is 5.68. The molecule has 14 heterocycles. The van der Waals surface area contributed by atoms with Crippen LogP contribution in [0.1, 0.15) is 137 Å². The van der Waals surface area contributed by atoms with E-state index in [1.807, 2.05) is 44.4 Å². The first-order chi connectivity index (χ1) is 50.9. The normalized spacial score (nSPS) is 22.8. The number of aryl methyl sites for hydroxylation is 4. The Hall–Kier alpha value is -7.06. The SMILES string of the molecule is C[N+](C)(C)C1CCN(CCOc2nn3c(c2N)CCCC3)C1.C[N+](C)(C)CCOc1nn2c(c1N)CCCC2.C[N+]1(CCO)CCN(c2nn3c(c2N)CCC2CCCC23)CC1.C[n+]1ccn(CCOc2nn3c(c2N)CCCC3)c1.Nc1c(N2CC[N+](CCO)(CCO)CC2)nn2c1CCC1CCCC12. The van der Waals surface area contributed by atoms with Gasteiger partial charge in [-0.2, -0.15) is 10.2 Å². The van der Waals surface area contributed by atoms with Crippen LogP contribution in [-0.2, 0) is 65.3 Å². The van der Waals surface area contributed by atoms with E-state index in [1.54, 1.807) is 0 Å². The highest BCUT2D eigenvalue weighted by atomic mass is 16.5. The Kier molecular flexibility index (Phi) is 25.7. The van der Waals surface area contributed by atoms with Gasteiger partial charge in [0.2, 0.25) is 6.33 Å². The van der Waals surface area contributed by atoms with E-state index in [1.165, 1.54) is 114 Å². The van der Waals surface area contributed by atoms with Crippen molar-refractivity contribution in [3.63, 3.8) is 0 Å². The van der Waals surface area contributed by atoms with Crippen LogP contribution in [-0.4, -0.2) is 285 Å². The number of imidazole rings is 1. The standard InChI is InChI=1S/C18H32N5O2.C17H30N5O.C16H30N5O.C13H20N5O.C12H23N4O/c19-17-16-5-4-14-2-1-3-15(14)22(16)20-18(17)21-6-8-23(9-7-21,10-12-24)11-13-25;1-22(11-12-23)9-7-20(8-10-22)17-16(18)15-6-5-13-3-2-4-14(13)21(15)19-17;1-21(2,3)13-7-9-19(12-13)10-11-22-16-15(17)14-6-4-5-8-20(14)18-16;1-16-6-7-17(10-16)8-9-19-13-12(14)11-4-2-3-5-18(11)15-13;1-16(2,3)8-9-17-12-11(13)10-6-4-5-7-15(10)14-12/h14-15,24-25H,1-13,19H2;13-14,23H,2-12,18H2,1H3;13H,4-12,17H2,1-3H3;6-7,10H,2-5,8-9,14H2,1H3;4-9,13H2,1-3H3/q5*+1. The van der Waals surface area contributed by atoms with Crippen LogP contribution in [0.3, 0.4) is 0 Å². The molecule has 13 N–H and O–H groups in total. The maximum Gasteiger partial charge on any atom is 0.256 e. The van der Waals surface area contributed by atoms with Crippen molar-refractivity contribution in [2.24, 2.45) is 18.9 Å². The molecule has 30 nitrogen and oxygen atoms in total. The van der Waals surface area contributed by atoms with E-state index >= 15 is 0 Å². The third-order valence-electron chi connectivity index (χ3n) is 25.0. The molecule has 6 aromatic rings. The average Bonchev–Trinajstić information content (AvgIpc) is 1.61. The highest BCUT2D eigenvalue weighted by Gasteiger charge is 2.41. The smallest absolute Gasteiger partial charge is 0.256 e. The first-order valence-corrected chi connectivity index (χ1v) is 40.5. The Morgan fingerprint density at radius 1 is 0.491 bits per heavy atom. The van der Waals surface area contributed by atoms with Crippen molar-refractivity contribution >= 4 is 40.1 Å². The van der Waals surface area contributed by atoms with Gasteiger partial charge >= 0.3 is 0 Å². The Bertz CT molecular complexity index is 3770.